The Morgan fingerprint density at radius 2 is 0.759 bits per heavy atom. The van der Waals surface area contributed by atoms with Gasteiger partial charge in [-0.15, -0.1) is 0 Å². The number of esters is 4. The van der Waals surface area contributed by atoms with E-state index in [1.54, 1.807) is 6.07 Å². The van der Waals surface area contributed by atoms with Crippen molar-refractivity contribution in [3.63, 3.8) is 0 Å². The predicted octanol–water partition coefficient (Wildman–Crippen LogP) is 18.5. The number of aromatic hydroxyl groups is 2. The smallest absolute Gasteiger partial charge is 0.349 e. The number of carboxylic acid groups (broad SMARTS) is 1. The zero-order valence-corrected chi connectivity index (χ0v) is 50.7. The van der Waals surface area contributed by atoms with Crippen molar-refractivity contribution in [1.29, 1.82) is 0 Å². The predicted molar refractivity (Wildman–Crippen MR) is 341 cm³/mol. The number of carbonyl (C=O) groups is 6. The minimum atomic E-state index is -0.894. The SMILES string of the molecule is CC/C=C\C/C=C\C/C=C\C/C=C\C/C=C\CCCC(=O)OC(=O)c1cc(CC(=O)CCCCCCC)ccc1O.CC/C=C\C/C=C\C/C=C\C/C=C\C/C=C\CCCC(=O)OC(=O)c1cc(N)ccc1O.CCCCCCCC(=O)O. The van der Waals surface area contributed by atoms with Gasteiger partial charge >= 0.3 is 29.8 Å². The van der Waals surface area contributed by atoms with E-state index in [4.69, 9.17) is 20.3 Å². The van der Waals surface area contributed by atoms with Crippen molar-refractivity contribution in [3.05, 3.63) is 175 Å². The molecule has 0 aliphatic carbocycles. The third kappa shape index (κ3) is 48.0. The van der Waals surface area contributed by atoms with E-state index in [0.717, 1.165) is 109 Å². The second kappa shape index (κ2) is 55.2. The third-order valence-corrected chi connectivity index (χ3v) is 12.2. The van der Waals surface area contributed by atoms with Crippen LogP contribution in [0.5, 0.6) is 11.5 Å². The van der Waals surface area contributed by atoms with E-state index in [1.165, 1.54) is 56.0 Å². The van der Waals surface area contributed by atoms with Crippen LogP contribution in [0.25, 0.3) is 0 Å². The van der Waals surface area contributed by atoms with Gasteiger partial charge in [0.05, 0.1) is 0 Å². The Hall–Kier alpha value is -7.34. The molecule has 0 radical (unpaired) electrons. The van der Waals surface area contributed by atoms with Gasteiger partial charge in [0, 0.05) is 37.8 Å². The normalized spacial score (nSPS) is 11.8. The number of phenolic OH excluding ortho intramolecular Hbond substituents is 2. The topological polar surface area (TPSA) is 208 Å². The van der Waals surface area contributed by atoms with Gasteiger partial charge in [-0.3, -0.25) is 19.2 Å². The van der Waals surface area contributed by atoms with Crippen LogP contribution in [0.3, 0.4) is 0 Å². The van der Waals surface area contributed by atoms with Crippen LogP contribution in [-0.4, -0.2) is 50.9 Å². The summed E-state index contributed by atoms with van der Waals surface area (Å²) in [6.45, 7) is 8.57. The molecule has 0 aliphatic rings. The zero-order chi connectivity index (χ0) is 61.2. The molecule has 5 N–H and O–H groups in total. The highest BCUT2D eigenvalue weighted by atomic mass is 16.6. The molecule has 83 heavy (non-hydrogen) atoms. The van der Waals surface area contributed by atoms with Crippen LogP contribution < -0.4 is 5.73 Å². The molecule has 2 rings (SSSR count). The maximum atomic E-state index is 12.4. The minimum absolute atomic E-state index is 0.0931. The highest BCUT2D eigenvalue weighted by Gasteiger charge is 2.19. The lowest BCUT2D eigenvalue weighted by molar-refractivity contribution is -0.139. The first-order valence-corrected chi connectivity index (χ1v) is 30.4. The van der Waals surface area contributed by atoms with Gasteiger partial charge in [0.1, 0.15) is 28.4 Å². The number of ketones is 1. The Kier molecular flexibility index (Phi) is 50.3. The molecule has 0 fully saturated rings. The highest BCUT2D eigenvalue weighted by Crippen LogP contribution is 2.23. The number of ether oxygens (including phenoxy) is 2. The Morgan fingerprint density at radius 3 is 1.14 bits per heavy atom. The van der Waals surface area contributed by atoms with Crippen LogP contribution in [0, 0.1) is 0 Å². The number of anilines is 1. The number of carboxylic acids is 1. The summed E-state index contributed by atoms with van der Waals surface area (Å²) in [7, 11) is 0. The molecule has 0 amide bonds. The van der Waals surface area contributed by atoms with Crippen LogP contribution in [0.2, 0.25) is 0 Å². The first-order chi connectivity index (χ1) is 40.3. The van der Waals surface area contributed by atoms with E-state index < -0.39 is 29.8 Å². The van der Waals surface area contributed by atoms with Gasteiger partial charge in [-0.2, -0.15) is 0 Å². The number of Topliss-reactive ketones (excluding diaryl/α,β-unsaturated/α-hetero) is 1. The van der Waals surface area contributed by atoms with E-state index in [9.17, 15) is 39.0 Å². The number of phenols is 2. The highest BCUT2D eigenvalue weighted by molar-refractivity contribution is 6.00. The van der Waals surface area contributed by atoms with Gasteiger partial charge < -0.3 is 30.5 Å². The number of nitrogen functional groups attached to an aromatic ring is 1. The number of carbonyl (C=O) groups excluding carboxylic acids is 5. The lowest BCUT2D eigenvalue weighted by atomic mass is 10.0. The van der Waals surface area contributed by atoms with Gasteiger partial charge in [-0.05, 0) is 139 Å². The molecule has 0 atom stereocenters. The fraction of sp³-hybridized carbons (Fsp3) is 0.465. The van der Waals surface area contributed by atoms with Crippen LogP contribution >= 0.6 is 0 Å². The molecule has 2 aromatic carbocycles. The van der Waals surface area contributed by atoms with Crippen LogP contribution in [0.1, 0.15) is 234 Å². The van der Waals surface area contributed by atoms with Crippen molar-refractivity contribution in [2.75, 3.05) is 5.73 Å². The fourth-order valence-corrected chi connectivity index (χ4v) is 7.58. The molecule has 0 heterocycles. The number of rotatable bonds is 42. The van der Waals surface area contributed by atoms with E-state index in [-0.39, 0.29) is 47.7 Å². The Morgan fingerprint density at radius 1 is 0.410 bits per heavy atom. The number of hydrogen-bond donors (Lipinski definition) is 4. The van der Waals surface area contributed by atoms with Crippen molar-refractivity contribution < 1.29 is 53.6 Å². The molecule has 0 spiro atoms. The van der Waals surface area contributed by atoms with Crippen molar-refractivity contribution in [2.24, 2.45) is 0 Å². The number of nitrogens with two attached hydrogens (primary N) is 1. The standard InChI is InChI=1S/C36H50O5.C27H35NO4.C8H16O2/c1-3-5-7-9-10-11-12-13-14-15-16-17-18-19-20-22-24-26-35(39)41-36(40)33-30-31(27-28-34(33)38)29-32(37)25-23-21-8-6-4-2;1-2-3-4-5-6-7-8-9-10-11-12-13-14-15-16-17-18-19-26(30)32-27(31)24-22-23(28)20-21-25(24)29;1-2-3-4-5-6-7-8(9)10/h5,7,10-11,13-14,16-17,19-20,27-28,30,38H,3-4,6,8-9,12,15,18,21-26,29H2,1-2H3;3-4,6-7,9-10,12-13,15-16,20-22,29H,2,5,8,11,14,17-19,28H2,1H3;2-7H2,1H3,(H,9,10)/b7-5-,11-10-,14-13-,17-16-,20-19-;4-3-,7-6-,10-9-,13-12-,16-15-;. The molecule has 0 aromatic heterocycles. The Balaban J connectivity index is 0.00000142. The molecule has 12 nitrogen and oxygen atoms in total. The van der Waals surface area contributed by atoms with Crippen molar-refractivity contribution in [1.82, 2.24) is 0 Å². The molecule has 0 saturated heterocycles. The molecule has 0 bridgehead atoms. The lowest BCUT2D eigenvalue weighted by Crippen LogP contribution is -2.13. The number of benzene rings is 2. The average Bonchev–Trinajstić information content (AvgIpc) is 3.53. The van der Waals surface area contributed by atoms with E-state index in [0.29, 0.717) is 43.4 Å². The van der Waals surface area contributed by atoms with E-state index in [1.807, 2.05) is 18.2 Å². The third-order valence-electron chi connectivity index (χ3n) is 12.2. The van der Waals surface area contributed by atoms with Gasteiger partial charge in [-0.1, -0.05) is 207 Å². The van der Waals surface area contributed by atoms with Crippen molar-refractivity contribution in [2.45, 2.75) is 214 Å². The molecule has 12 heteroatoms. The number of unbranched alkanes of at least 4 members (excludes halogenated alkanes) is 10. The molecule has 0 saturated carbocycles. The Labute approximate surface area is 498 Å². The average molecular weight is 1140 g/mol. The number of aliphatic carboxylic acids is 1. The van der Waals surface area contributed by atoms with Gasteiger partial charge in [0.25, 0.3) is 0 Å². The molecular formula is C71H101NO11. The van der Waals surface area contributed by atoms with E-state index >= 15 is 0 Å². The maximum absolute atomic E-state index is 12.4. The molecule has 2 aromatic rings. The summed E-state index contributed by atoms with van der Waals surface area (Å²) in [5.41, 5.74) is 6.30. The summed E-state index contributed by atoms with van der Waals surface area (Å²) in [4.78, 5) is 70.6. The van der Waals surface area contributed by atoms with Crippen LogP contribution in [0.15, 0.2) is 158 Å². The van der Waals surface area contributed by atoms with Gasteiger partial charge in [-0.25, -0.2) is 9.59 Å². The summed E-state index contributed by atoms with van der Waals surface area (Å²) in [6, 6.07) is 8.45. The number of hydrogen-bond acceptors (Lipinski definition) is 11. The molecule has 456 valence electrons. The minimum Gasteiger partial charge on any atom is -0.507 e. The second-order valence-electron chi connectivity index (χ2n) is 19.8. The molecule has 0 unspecified atom stereocenters. The summed E-state index contributed by atoms with van der Waals surface area (Å²) < 4.78 is 9.70. The van der Waals surface area contributed by atoms with Crippen molar-refractivity contribution >= 4 is 41.3 Å². The van der Waals surface area contributed by atoms with Gasteiger partial charge in [0.15, 0.2) is 0 Å². The van der Waals surface area contributed by atoms with Crippen molar-refractivity contribution in [3.8, 4) is 11.5 Å². The first kappa shape index (κ1) is 75.7. The number of allylic oxidation sites excluding steroid dienone is 20. The Bertz CT molecular complexity index is 2410. The monoisotopic (exact) mass is 1140 g/mol. The fourth-order valence-electron chi connectivity index (χ4n) is 7.58. The maximum Gasteiger partial charge on any atom is 0.349 e. The largest absolute Gasteiger partial charge is 0.507 e. The van der Waals surface area contributed by atoms with Crippen LogP contribution in [0.4, 0.5) is 5.69 Å². The summed E-state index contributed by atoms with van der Waals surface area (Å²) in [5.74, 6) is -4.15. The summed E-state index contributed by atoms with van der Waals surface area (Å²) in [6.07, 6.45) is 67.0. The lowest BCUT2D eigenvalue weighted by Gasteiger charge is -2.07. The van der Waals surface area contributed by atoms with Crippen LogP contribution in [-0.2, 0) is 35.1 Å². The zero-order valence-electron chi connectivity index (χ0n) is 50.7. The second-order valence-corrected chi connectivity index (χ2v) is 19.8. The molecule has 0 aliphatic heterocycles. The summed E-state index contributed by atoms with van der Waals surface area (Å²) in [5, 5.41) is 28.0. The summed E-state index contributed by atoms with van der Waals surface area (Å²) >= 11 is 0. The van der Waals surface area contributed by atoms with Gasteiger partial charge in [0.2, 0.25) is 0 Å². The first-order valence-electron chi connectivity index (χ1n) is 30.4. The quantitative estimate of drug-likeness (QED) is 0.0122. The molecular weight excluding hydrogens is 1040 g/mol. The van der Waals surface area contributed by atoms with E-state index in [2.05, 4.69) is 131 Å².